The van der Waals surface area contributed by atoms with Crippen LogP contribution in [0.25, 0.3) is 0 Å². The Kier molecular flexibility index (Phi) is 13.0. The predicted molar refractivity (Wildman–Crippen MR) is 94.0 cm³/mol. The molecule has 0 N–H and O–H groups in total. The summed E-state index contributed by atoms with van der Waals surface area (Å²) in [6.07, 6.45) is 26.4. The van der Waals surface area contributed by atoms with Crippen LogP contribution in [0.1, 0.15) is 65.2 Å². The van der Waals surface area contributed by atoms with Gasteiger partial charge in [0.2, 0.25) is 0 Å². The van der Waals surface area contributed by atoms with Crippen LogP contribution in [0.3, 0.4) is 0 Å². The van der Waals surface area contributed by atoms with Crippen LogP contribution in [0.5, 0.6) is 0 Å². The topological polar surface area (TPSA) is 0 Å². The molecule has 4 aliphatic rings. The molecule has 4 aliphatic carbocycles. The SMILES string of the molecule is CC1CCC(C2=[C-]CC=C2)C1.CC1CCC(C2=[C-]CC=C2)C1.[Cl-].[Cl-].[Zr+4]. The standard InChI is InChI=1S/2C11H15.2ClH.Zr/c2*1-9-6-7-11(8-9)10-4-2-3-5-10;;;/h2*2,4,9,11H,3,6-8H2,1H3;2*1H;/q2*-1;;;+4/p-2. The fraction of sp³-hybridized carbons (Fsp3) is 0.636. The Bertz CT molecular complexity index is 458. The van der Waals surface area contributed by atoms with Gasteiger partial charge in [0.05, 0.1) is 0 Å². The van der Waals surface area contributed by atoms with Crippen molar-refractivity contribution in [3.8, 4) is 0 Å². The van der Waals surface area contributed by atoms with E-state index in [1.165, 1.54) is 49.7 Å². The zero-order valence-electron chi connectivity index (χ0n) is 15.5. The molecule has 2 saturated carbocycles. The van der Waals surface area contributed by atoms with Gasteiger partial charge < -0.3 is 24.8 Å². The molecular formula is C22H30Cl2Zr. The molecule has 0 saturated heterocycles. The van der Waals surface area contributed by atoms with Gasteiger partial charge in [-0.05, 0) is 49.4 Å². The maximum Gasteiger partial charge on any atom is 4.00 e. The minimum atomic E-state index is 0. The van der Waals surface area contributed by atoms with Crippen molar-refractivity contribution in [1.29, 1.82) is 0 Å². The Morgan fingerprint density at radius 1 is 0.720 bits per heavy atom. The number of allylic oxidation sites excluding steroid dienone is 8. The molecule has 4 atom stereocenters. The second-order valence-corrected chi connectivity index (χ2v) is 7.71. The minimum Gasteiger partial charge on any atom is -1.00 e. The molecule has 0 spiro atoms. The van der Waals surface area contributed by atoms with E-state index >= 15 is 0 Å². The van der Waals surface area contributed by atoms with Gasteiger partial charge in [-0.2, -0.15) is 12.2 Å². The molecule has 136 valence electrons. The van der Waals surface area contributed by atoms with Crippen LogP contribution in [0.2, 0.25) is 0 Å². The Morgan fingerprint density at radius 2 is 1.12 bits per heavy atom. The molecule has 4 unspecified atom stereocenters. The van der Waals surface area contributed by atoms with Gasteiger partial charge in [-0.3, -0.25) is 12.2 Å². The summed E-state index contributed by atoms with van der Waals surface area (Å²) >= 11 is 0. The fourth-order valence-corrected chi connectivity index (χ4v) is 4.38. The van der Waals surface area contributed by atoms with Crippen LogP contribution in [0.15, 0.2) is 35.5 Å². The van der Waals surface area contributed by atoms with Crippen LogP contribution < -0.4 is 24.8 Å². The van der Waals surface area contributed by atoms with E-state index < -0.39 is 0 Å². The summed E-state index contributed by atoms with van der Waals surface area (Å²) in [6.45, 7) is 4.72. The molecule has 0 aromatic rings. The third-order valence-electron chi connectivity index (χ3n) is 5.71. The van der Waals surface area contributed by atoms with E-state index in [-0.39, 0.29) is 51.0 Å². The van der Waals surface area contributed by atoms with Crippen LogP contribution in [-0.2, 0) is 26.2 Å². The Balaban J connectivity index is 0.000000411. The Morgan fingerprint density at radius 3 is 1.36 bits per heavy atom. The van der Waals surface area contributed by atoms with E-state index in [9.17, 15) is 0 Å². The van der Waals surface area contributed by atoms with Crippen molar-refractivity contribution in [3.63, 3.8) is 0 Å². The molecule has 0 aromatic heterocycles. The monoisotopic (exact) mass is 454 g/mol. The first kappa shape index (κ1) is 25.4. The summed E-state index contributed by atoms with van der Waals surface area (Å²) in [4.78, 5) is 0. The Labute approximate surface area is 186 Å². The number of halogens is 2. The van der Waals surface area contributed by atoms with Gasteiger partial charge in [0.25, 0.3) is 0 Å². The van der Waals surface area contributed by atoms with Gasteiger partial charge in [0.15, 0.2) is 0 Å². The van der Waals surface area contributed by atoms with Crippen molar-refractivity contribution in [2.75, 3.05) is 0 Å². The molecule has 0 aliphatic heterocycles. The quantitative estimate of drug-likeness (QED) is 0.522. The summed E-state index contributed by atoms with van der Waals surface area (Å²) in [6, 6.07) is 0. The van der Waals surface area contributed by atoms with Crippen molar-refractivity contribution >= 4 is 0 Å². The summed E-state index contributed by atoms with van der Waals surface area (Å²) in [7, 11) is 0. The zero-order valence-corrected chi connectivity index (χ0v) is 19.5. The maximum atomic E-state index is 3.42. The zero-order chi connectivity index (χ0) is 15.4. The number of rotatable bonds is 2. The van der Waals surface area contributed by atoms with Crippen LogP contribution in [0.4, 0.5) is 0 Å². The van der Waals surface area contributed by atoms with Gasteiger partial charge in [-0.15, -0.1) is 12.8 Å². The molecule has 4 rings (SSSR count). The molecule has 0 radical (unpaired) electrons. The molecule has 0 amide bonds. The van der Waals surface area contributed by atoms with E-state index in [1.54, 1.807) is 0 Å². The van der Waals surface area contributed by atoms with Gasteiger partial charge in [-0.25, -0.2) is 23.3 Å². The van der Waals surface area contributed by atoms with E-state index in [4.69, 9.17) is 0 Å². The molecule has 3 heteroatoms. The predicted octanol–water partition coefficient (Wildman–Crippen LogP) is 0.230. The minimum absolute atomic E-state index is 0. The van der Waals surface area contributed by atoms with Gasteiger partial charge in [-0.1, -0.05) is 26.7 Å². The van der Waals surface area contributed by atoms with Gasteiger partial charge in [0, 0.05) is 0 Å². The second kappa shape index (κ2) is 12.7. The molecule has 0 heterocycles. The van der Waals surface area contributed by atoms with Crippen molar-refractivity contribution in [1.82, 2.24) is 0 Å². The third-order valence-corrected chi connectivity index (χ3v) is 5.71. The van der Waals surface area contributed by atoms with E-state index in [2.05, 4.69) is 50.3 Å². The average Bonchev–Trinajstić information content (AvgIpc) is 3.28. The second-order valence-electron chi connectivity index (χ2n) is 7.71. The van der Waals surface area contributed by atoms with Crippen molar-refractivity contribution in [2.24, 2.45) is 23.7 Å². The van der Waals surface area contributed by atoms with E-state index in [0.717, 1.165) is 36.5 Å². The largest absolute Gasteiger partial charge is 4.00 e. The Hall–Kier alpha value is 0.423. The van der Waals surface area contributed by atoms with Crippen molar-refractivity contribution in [2.45, 2.75) is 65.2 Å². The first-order valence-corrected chi connectivity index (χ1v) is 9.27. The summed E-state index contributed by atoms with van der Waals surface area (Å²) in [5.74, 6) is 3.60. The van der Waals surface area contributed by atoms with Crippen molar-refractivity contribution < 1.29 is 51.0 Å². The third kappa shape index (κ3) is 7.52. The first-order valence-electron chi connectivity index (χ1n) is 9.27. The molecule has 25 heavy (non-hydrogen) atoms. The fourth-order valence-electron chi connectivity index (χ4n) is 4.38. The normalized spacial score (nSPS) is 31.9. The maximum absolute atomic E-state index is 3.42. The molecule has 0 nitrogen and oxygen atoms in total. The summed E-state index contributed by atoms with van der Waals surface area (Å²) in [5, 5.41) is 0. The average molecular weight is 457 g/mol. The molecule has 0 bridgehead atoms. The first-order chi connectivity index (χ1) is 10.7. The summed E-state index contributed by atoms with van der Waals surface area (Å²) < 4.78 is 0. The van der Waals surface area contributed by atoms with Gasteiger partial charge in [0.1, 0.15) is 0 Å². The molecule has 2 fully saturated rings. The van der Waals surface area contributed by atoms with Crippen LogP contribution in [0, 0.1) is 35.8 Å². The van der Waals surface area contributed by atoms with E-state index in [0.29, 0.717) is 0 Å². The number of hydrogen-bond acceptors (Lipinski definition) is 0. The van der Waals surface area contributed by atoms with Crippen molar-refractivity contribution in [3.05, 3.63) is 47.6 Å². The summed E-state index contributed by atoms with van der Waals surface area (Å²) in [5.41, 5.74) is 2.99. The van der Waals surface area contributed by atoms with E-state index in [1.807, 2.05) is 0 Å². The van der Waals surface area contributed by atoms with Gasteiger partial charge >= 0.3 is 26.2 Å². The molecule has 0 aromatic carbocycles. The number of hydrogen-bond donors (Lipinski definition) is 0. The molecular weight excluding hydrogens is 426 g/mol. The smallest absolute Gasteiger partial charge is 1.00 e. The van der Waals surface area contributed by atoms with Crippen LogP contribution in [-0.4, -0.2) is 0 Å². The van der Waals surface area contributed by atoms with Crippen LogP contribution >= 0.6 is 0 Å².